The molecule has 0 aromatic heterocycles. The Kier molecular flexibility index (Phi) is 8.55. The maximum Gasteiger partial charge on any atom is 0.196 e. The van der Waals surface area contributed by atoms with Gasteiger partial charge in [0.1, 0.15) is 0 Å². The molecule has 1 aliphatic rings. The molecular weight excluding hydrogens is 392 g/mol. The van der Waals surface area contributed by atoms with Crippen LogP contribution in [-0.4, -0.2) is 55.9 Å². The van der Waals surface area contributed by atoms with Crippen LogP contribution in [0, 0.1) is 0 Å². The van der Waals surface area contributed by atoms with Gasteiger partial charge in [-0.15, -0.1) is 0 Å². The monoisotopic (exact) mass is 426 g/mol. The number of methoxy groups -OCH3 is 2. The van der Waals surface area contributed by atoms with Gasteiger partial charge in [-0.05, 0) is 43.0 Å². The van der Waals surface area contributed by atoms with Crippen LogP contribution < -0.4 is 20.1 Å². The average molecular weight is 427 g/mol. The third kappa shape index (κ3) is 6.87. The van der Waals surface area contributed by atoms with Gasteiger partial charge in [0.15, 0.2) is 17.5 Å². The molecule has 1 fully saturated rings. The van der Waals surface area contributed by atoms with Crippen molar-refractivity contribution in [3.8, 4) is 11.5 Å². The third-order valence-electron chi connectivity index (χ3n) is 5.40. The molecule has 1 saturated heterocycles. The number of anilines is 1. The second kappa shape index (κ2) is 11.6. The maximum atomic E-state index is 9.65. The Morgan fingerprint density at radius 2 is 1.71 bits per heavy atom. The first-order valence-corrected chi connectivity index (χ1v) is 10.9. The Bertz CT molecular complexity index is 846. The molecule has 0 bridgehead atoms. The van der Waals surface area contributed by atoms with Crippen LogP contribution in [0.15, 0.2) is 47.5 Å². The van der Waals surface area contributed by atoms with E-state index in [9.17, 15) is 5.11 Å². The smallest absolute Gasteiger partial charge is 0.196 e. The molecule has 31 heavy (non-hydrogen) atoms. The number of likely N-dealkylation sites (tertiary alicyclic amines) is 1. The summed E-state index contributed by atoms with van der Waals surface area (Å²) in [5, 5.41) is 16.3. The van der Waals surface area contributed by atoms with Crippen molar-refractivity contribution < 1.29 is 14.6 Å². The number of nitrogens with one attached hydrogen (secondary N) is 2. The van der Waals surface area contributed by atoms with Gasteiger partial charge >= 0.3 is 0 Å². The molecule has 2 aromatic carbocycles. The predicted molar refractivity (Wildman–Crippen MR) is 125 cm³/mol. The Morgan fingerprint density at radius 1 is 1.03 bits per heavy atom. The van der Waals surface area contributed by atoms with Crippen LogP contribution in [0.2, 0.25) is 0 Å². The zero-order valence-corrected chi connectivity index (χ0v) is 18.7. The van der Waals surface area contributed by atoms with Crippen LogP contribution in [-0.2, 0) is 13.1 Å². The van der Waals surface area contributed by atoms with E-state index in [0.717, 1.165) is 50.3 Å². The van der Waals surface area contributed by atoms with Gasteiger partial charge in [0.05, 0.1) is 26.9 Å². The number of nitrogens with zero attached hydrogens (tertiary/aromatic N) is 2. The number of aliphatic imine (C=N–C) groups is 1. The highest BCUT2D eigenvalue weighted by molar-refractivity contribution is 5.93. The van der Waals surface area contributed by atoms with Gasteiger partial charge in [-0.25, -0.2) is 4.99 Å². The molecular formula is C24H34N4O3. The summed E-state index contributed by atoms with van der Waals surface area (Å²) in [6.45, 7) is 6.24. The molecule has 0 spiro atoms. The van der Waals surface area contributed by atoms with E-state index >= 15 is 0 Å². The van der Waals surface area contributed by atoms with Crippen molar-refractivity contribution in [1.29, 1.82) is 0 Å². The summed E-state index contributed by atoms with van der Waals surface area (Å²) in [6, 6.07) is 14.3. The summed E-state index contributed by atoms with van der Waals surface area (Å²) in [4.78, 5) is 7.11. The van der Waals surface area contributed by atoms with E-state index in [1.165, 1.54) is 5.56 Å². The topological polar surface area (TPSA) is 78.4 Å². The summed E-state index contributed by atoms with van der Waals surface area (Å²) in [7, 11) is 3.25. The average Bonchev–Trinajstić information content (AvgIpc) is 2.80. The molecule has 2 aromatic rings. The molecule has 0 saturated carbocycles. The van der Waals surface area contributed by atoms with Crippen molar-refractivity contribution in [3.63, 3.8) is 0 Å². The van der Waals surface area contributed by atoms with Gasteiger partial charge in [-0.1, -0.05) is 24.3 Å². The number of piperidine rings is 1. The molecule has 1 aliphatic heterocycles. The lowest BCUT2D eigenvalue weighted by Crippen LogP contribution is -2.35. The first-order chi connectivity index (χ1) is 15.1. The normalized spacial score (nSPS) is 15.5. The summed E-state index contributed by atoms with van der Waals surface area (Å²) in [5.74, 6) is 2.07. The van der Waals surface area contributed by atoms with Crippen LogP contribution in [0.4, 0.5) is 5.69 Å². The second-order valence-corrected chi connectivity index (χ2v) is 7.71. The van der Waals surface area contributed by atoms with E-state index in [1.807, 2.05) is 25.1 Å². The van der Waals surface area contributed by atoms with E-state index in [2.05, 4.69) is 39.8 Å². The Morgan fingerprint density at radius 3 is 2.35 bits per heavy atom. The van der Waals surface area contributed by atoms with Crippen molar-refractivity contribution in [1.82, 2.24) is 10.2 Å². The number of benzene rings is 2. The van der Waals surface area contributed by atoms with Gasteiger partial charge < -0.3 is 25.2 Å². The van der Waals surface area contributed by atoms with E-state index < -0.39 is 0 Å². The van der Waals surface area contributed by atoms with E-state index in [4.69, 9.17) is 14.5 Å². The molecule has 0 unspecified atom stereocenters. The second-order valence-electron chi connectivity index (χ2n) is 7.71. The fourth-order valence-corrected chi connectivity index (χ4v) is 3.61. The van der Waals surface area contributed by atoms with Crippen LogP contribution in [0.3, 0.4) is 0 Å². The minimum absolute atomic E-state index is 0.130. The van der Waals surface area contributed by atoms with Crippen molar-refractivity contribution in [2.45, 2.75) is 39.0 Å². The van der Waals surface area contributed by atoms with E-state index in [1.54, 1.807) is 14.2 Å². The molecule has 3 N–H and O–H groups in total. The Labute approximate surface area is 185 Å². The Balaban J connectivity index is 1.59. The molecule has 0 atom stereocenters. The molecule has 7 nitrogen and oxygen atoms in total. The molecule has 7 heteroatoms. The Hall–Kier alpha value is -2.77. The van der Waals surface area contributed by atoms with Crippen LogP contribution >= 0.6 is 0 Å². The summed E-state index contributed by atoms with van der Waals surface area (Å²) >= 11 is 0. The maximum absolute atomic E-state index is 9.65. The lowest BCUT2D eigenvalue weighted by Gasteiger charge is -2.29. The van der Waals surface area contributed by atoms with Crippen molar-refractivity contribution in [3.05, 3.63) is 53.6 Å². The van der Waals surface area contributed by atoms with Gasteiger partial charge in [-0.3, -0.25) is 4.90 Å². The third-order valence-corrected chi connectivity index (χ3v) is 5.40. The summed E-state index contributed by atoms with van der Waals surface area (Å²) < 4.78 is 10.7. The number of aliphatic hydroxyl groups excluding tert-OH is 1. The number of ether oxygens (including phenoxy) is 2. The van der Waals surface area contributed by atoms with Gasteiger partial charge in [0, 0.05) is 37.9 Å². The largest absolute Gasteiger partial charge is 0.493 e. The van der Waals surface area contributed by atoms with Gasteiger partial charge in [0.25, 0.3) is 0 Å². The standard InChI is InChI=1S/C24H34N4O3/c1-4-25-24(27-20-9-10-22(30-2)23(15-20)31-3)26-16-18-5-7-19(8-6-18)17-28-13-11-21(29)12-14-28/h5-10,15,21,29H,4,11-14,16-17H2,1-3H3,(H2,25,26,27). The van der Waals surface area contributed by atoms with Crippen molar-refractivity contribution in [2.75, 3.05) is 39.2 Å². The van der Waals surface area contributed by atoms with Gasteiger partial charge in [0.2, 0.25) is 0 Å². The highest BCUT2D eigenvalue weighted by Gasteiger charge is 2.16. The molecule has 1 heterocycles. The van der Waals surface area contributed by atoms with Crippen molar-refractivity contribution >= 4 is 11.6 Å². The fourth-order valence-electron chi connectivity index (χ4n) is 3.61. The van der Waals surface area contributed by atoms with Gasteiger partial charge in [-0.2, -0.15) is 0 Å². The van der Waals surface area contributed by atoms with E-state index in [0.29, 0.717) is 24.0 Å². The predicted octanol–water partition coefficient (Wildman–Crippen LogP) is 3.24. The first kappa shape index (κ1) is 22.9. The minimum atomic E-state index is -0.130. The molecule has 0 amide bonds. The number of hydrogen-bond acceptors (Lipinski definition) is 5. The van der Waals surface area contributed by atoms with E-state index in [-0.39, 0.29) is 6.10 Å². The lowest BCUT2D eigenvalue weighted by molar-refractivity contribution is 0.0792. The fraction of sp³-hybridized carbons (Fsp3) is 0.458. The number of guanidine groups is 1. The first-order valence-electron chi connectivity index (χ1n) is 10.9. The zero-order chi connectivity index (χ0) is 22.1. The number of aliphatic hydroxyl groups is 1. The molecule has 3 rings (SSSR count). The number of rotatable bonds is 8. The SMILES string of the molecule is CCNC(=NCc1ccc(CN2CCC(O)CC2)cc1)Nc1ccc(OC)c(OC)c1. The summed E-state index contributed by atoms with van der Waals surface area (Å²) in [5.41, 5.74) is 3.32. The van der Waals surface area contributed by atoms with Crippen LogP contribution in [0.25, 0.3) is 0 Å². The van der Waals surface area contributed by atoms with Crippen molar-refractivity contribution in [2.24, 2.45) is 4.99 Å². The minimum Gasteiger partial charge on any atom is -0.493 e. The summed E-state index contributed by atoms with van der Waals surface area (Å²) in [6.07, 6.45) is 1.61. The highest BCUT2D eigenvalue weighted by atomic mass is 16.5. The zero-order valence-electron chi connectivity index (χ0n) is 18.7. The quantitative estimate of drug-likeness (QED) is 0.444. The lowest BCUT2D eigenvalue weighted by atomic mass is 10.1. The molecule has 168 valence electrons. The van der Waals surface area contributed by atoms with Crippen LogP contribution in [0.1, 0.15) is 30.9 Å². The highest BCUT2D eigenvalue weighted by Crippen LogP contribution is 2.29. The number of hydrogen-bond donors (Lipinski definition) is 3. The molecule has 0 aliphatic carbocycles. The van der Waals surface area contributed by atoms with Crippen LogP contribution in [0.5, 0.6) is 11.5 Å². The molecule has 0 radical (unpaired) electrons.